The minimum absolute atomic E-state index is 0.101. The van der Waals surface area contributed by atoms with Crippen molar-refractivity contribution in [3.8, 4) is 0 Å². The Bertz CT molecular complexity index is 1130. The molecule has 1 atom stereocenters. The van der Waals surface area contributed by atoms with E-state index in [1.165, 1.54) is 5.57 Å². The van der Waals surface area contributed by atoms with E-state index in [1.54, 1.807) is 18.3 Å². The first-order valence-electron chi connectivity index (χ1n) is 10.8. The monoisotopic (exact) mass is 433 g/mol. The van der Waals surface area contributed by atoms with Gasteiger partial charge in [-0.2, -0.15) is 0 Å². The predicted octanol–water partition coefficient (Wildman–Crippen LogP) is 4.40. The molecule has 1 saturated carbocycles. The van der Waals surface area contributed by atoms with Crippen LogP contribution >= 0.6 is 11.6 Å². The molecule has 2 aliphatic carbocycles. The minimum Gasteiger partial charge on any atom is -0.334 e. The number of ketones is 1. The van der Waals surface area contributed by atoms with Crippen LogP contribution < -0.4 is 0 Å². The van der Waals surface area contributed by atoms with Crippen LogP contribution in [0.5, 0.6) is 0 Å². The van der Waals surface area contributed by atoms with Crippen molar-refractivity contribution >= 4 is 34.9 Å². The third kappa shape index (κ3) is 3.94. The number of rotatable bonds is 5. The molecule has 0 saturated heterocycles. The summed E-state index contributed by atoms with van der Waals surface area (Å²) in [6.07, 6.45) is 11.2. The van der Waals surface area contributed by atoms with Crippen molar-refractivity contribution in [2.45, 2.75) is 32.6 Å². The quantitative estimate of drug-likeness (QED) is 0.656. The van der Waals surface area contributed by atoms with Gasteiger partial charge in [0.15, 0.2) is 0 Å². The summed E-state index contributed by atoms with van der Waals surface area (Å²) >= 11 is 6.13. The van der Waals surface area contributed by atoms with Crippen LogP contribution in [-0.4, -0.2) is 39.6 Å². The normalized spacial score (nSPS) is 19.9. The number of hydrogen-bond acceptors (Lipinski definition) is 4. The van der Waals surface area contributed by atoms with Crippen molar-refractivity contribution in [3.05, 3.63) is 69.8 Å². The molecule has 1 fully saturated rings. The van der Waals surface area contributed by atoms with Gasteiger partial charge in [-0.15, -0.1) is 0 Å². The Balaban J connectivity index is 1.43. The molecule has 3 heterocycles. The first-order valence-corrected chi connectivity index (χ1v) is 11.2. The second-order valence-corrected chi connectivity index (χ2v) is 9.02. The Morgan fingerprint density at radius 1 is 1.29 bits per heavy atom. The van der Waals surface area contributed by atoms with Crippen LogP contribution in [0.3, 0.4) is 0 Å². The van der Waals surface area contributed by atoms with E-state index in [4.69, 9.17) is 16.6 Å². The second-order valence-electron chi connectivity index (χ2n) is 8.66. The fraction of sp³-hybridized carbons (Fsp3) is 0.360. The summed E-state index contributed by atoms with van der Waals surface area (Å²) < 4.78 is 0. The number of amides is 1. The predicted molar refractivity (Wildman–Crippen MR) is 121 cm³/mol. The number of nitrogens with zero attached hydrogens (tertiary/aromatic N) is 3. The lowest BCUT2D eigenvalue weighted by Gasteiger charge is -2.32. The zero-order valence-electron chi connectivity index (χ0n) is 17.5. The van der Waals surface area contributed by atoms with Gasteiger partial charge in [0.1, 0.15) is 10.9 Å². The third-order valence-electron chi connectivity index (χ3n) is 6.32. The molecule has 1 unspecified atom stereocenters. The summed E-state index contributed by atoms with van der Waals surface area (Å²) in [5.41, 5.74) is 5.86. The zero-order valence-corrected chi connectivity index (χ0v) is 18.2. The maximum Gasteiger partial charge on any atom is 0.257 e. The Hall–Kier alpha value is -2.79. The van der Waals surface area contributed by atoms with Crippen molar-refractivity contribution in [2.75, 3.05) is 13.1 Å². The highest BCUT2D eigenvalue weighted by Crippen LogP contribution is 2.36. The van der Waals surface area contributed by atoms with Crippen molar-refractivity contribution in [1.29, 1.82) is 0 Å². The summed E-state index contributed by atoms with van der Waals surface area (Å²) in [6.45, 7) is 3.25. The average Bonchev–Trinajstić information content (AvgIpc) is 3.51. The summed E-state index contributed by atoms with van der Waals surface area (Å²) in [5.74, 6) is 0.597. The van der Waals surface area contributed by atoms with E-state index in [0.29, 0.717) is 30.9 Å². The highest BCUT2D eigenvalue weighted by molar-refractivity contribution is 6.32. The van der Waals surface area contributed by atoms with E-state index in [2.05, 4.69) is 36.2 Å². The van der Waals surface area contributed by atoms with Crippen LogP contribution in [-0.2, 0) is 17.6 Å². The first-order chi connectivity index (χ1) is 15.0. The fourth-order valence-electron chi connectivity index (χ4n) is 4.52. The molecule has 0 bridgehead atoms. The number of halogens is 1. The maximum absolute atomic E-state index is 13.0. The Labute approximate surface area is 186 Å². The van der Waals surface area contributed by atoms with Gasteiger partial charge in [-0.25, -0.2) is 4.98 Å². The Morgan fingerprint density at radius 3 is 2.87 bits per heavy atom. The van der Waals surface area contributed by atoms with Crippen molar-refractivity contribution in [2.24, 2.45) is 11.8 Å². The molecule has 31 heavy (non-hydrogen) atoms. The number of hydrogen-bond donors (Lipinski definition) is 0. The summed E-state index contributed by atoms with van der Waals surface area (Å²) in [4.78, 5) is 35.9. The van der Waals surface area contributed by atoms with Crippen molar-refractivity contribution in [3.63, 3.8) is 0 Å². The molecule has 0 radical (unpaired) electrons. The van der Waals surface area contributed by atoms with Crippen molar-refractivity contribution in [1.82, 2.24) is 14.9 Å². The van der Waals surface area contributed by atoms with Crippen LogP contribution in [0.1, 0.15) is 52.6 Å². The molecule has 6 heteroatoms. The molecule has 5 rings (SSSR count). The van der Waals surface area contributed by atoms with Crippen LogP contribution in [0.25, 0.3) is 11.6 Å². The van der Waals surface area contributed by atoms with Crippen LogP contribution in [0.4, 0.5) is 0 Å². The SMILES string of the molecule is CC1CN(C(=O)c2cccnc2Cl)CC=C1c1cc(CC(=O)C2CC2)nc2c1C=CC2. The van der Waals surface area contributed by atoms with Gasteiger partial charge in [0.25, 0.3) is 5.91 Å². The van der Waals surface area contributed by atoms with E-state index >= 15 is 0 Å². The van der Waals surface area contributed by atoms with E-state index in [1.807, 2.05) is 4.90 Å². The molecule has 3 aliphatic rings. The first kappa shape index (κ1) is 20.1. The van der Waals surface area contributed by atoms with Gasteiger partial charge in [0, 0.05) is 49.3 Å². The lowest BCUT2D eigenvalue weighted by Crippen LogP contribution is -2.38. The molecule has 2 aromatic rings. The fourth-order valence-corrected chi connectivity index (χ4v) is 4.72. The number of aromatic nitrogens is 2. The van der Waals surface area contributed by atoms with E-state index < -0.39 is 0 Å². The van der Waals surface area contributed by atoms with Gasteiger partial charge in [0.05, 0.1) is 11.3 Å². The highest BCUT2D eigenvalue weighted by atomic mass is 35.5. The van der Waals surface area contributed by atoms with Crippen LogP contribution in [0, 0.1) is 11.8 Å². The Morgan fingerprint density at radius 2 is 2.13 bits per heavy atom. The molecule has 158 valence electrons. The molecule has 1 aliphatic heterocycles. The molecule has 5 nitrogen and oxygen atoms in total. The standard InChI is InChI=1S/C25H24ClN3O2/c1-15-14-29(25(31)20-5-3-10-27-24(20)26)11-9-18(15)21-12-17(13-23(30)16-7-8-16)28-22-6-2-4-19(21)22/h2-5,9-10,12,15-16H,6-8,11,13-14H2,1H3. The number of fused-ring (bicyclic) bond motifs is 1. The summed E-state index contributed by atoms with van der Waals surface area (Å²) in [6, 6.07) is 5.53. The highest BCUT2D eigenvalue weighted by Gasteiger charge is 2.31. The van der Waals surface area contributed by atoms with Gasteiger partial charge >= 0.3 is 0 Å². The van der Waals surface area contributed by atoms with Gasteiger partial charge in [-0.3, -0.25) is 14.6 Å². The minimum atomic E-state index is -0.101. The third-order valence-corrected chi connectivity index (χ3v) is 6.62. The molecule has 0 aromatic carbocycles. The zero-order chi connectivity index (χ0) is 21.5. The smallest absolute Gasteiger partial charge is 0.257 e. The largest absolute Gasteiger partial charge is 0.334 e. The Kier molecular flexibility index (Phi) is 5.22. The maximum atomic E-state index is 13.0. The molecular formula is C25H24ClN3O2. The van der Waals surface area contributed by atoms with Gasteiger partial charge in [0.2, 0.25) is 0 Å². The number of carbonyl (C=O) groups excluding carboxylic acids is 2. The molecule has 2 aromatic heterocycles. The van der Waals surface area contributed by atoms with Crippen LogP contribution in [0.2, 0.25) is 5.15 Å². The number of Topliss-reactive ketones (excluding diaryl/α,β-unsaturated/α-hetero) is 1. The lowest BCUT2D eigenvalue weighted by atomic mass is 9.87. The summed E-state index contributed by atoms with van der Waals surface area (Å²) in [7, 11) is 0. The second kappa shape index (κ2) is 8.04. The van der Waals surface area contributed by atoms with Gasteiger partial charge in [-0.1, -0.05) is 36.8 Å². The molecule has 1 amide bonds. The number of carbonyl (C=O) groups is 2. The number of pyridine rings is 2. The van der Waals surface area contributed by atoms with Crippen molar-refractivity contribution < 1.29 is 9.59 Å². The van der Waals surface area contributed by atoms with Gasteiger partial charge in [-0.05, 0) is 48.1 Å². The molecule has 0 N–H and O–H groups in total. The molecular weight excluding hydrogens is 410 g/mol. The summed E-state index contributed by atoms with van der Waals surface area (Å²) in [5, 5.41) is 0.233. The lowest BCUT2D eigenvalue weighted by molar-refractivity contribution is -0.119. The van der Waals surface area contributed by atoms with E-state index in [0.717, 1.165) is 41.8 Å². The van der Waals surface area contributed by atoms with E-state index in [9.17, 15) is 9.59 Å². The number of allylic oxidation sites excluding steroid dienone is 1. The average molecular weight is 434 g/mol. The van der Waals surface area contributed by atoms with E-state index in [-0.39, 0.29) is 22.9 Å². The van der Waals surface area contributed by atoms with Crippen LogP contribution in [0.15, 0.2) is 36.5 Å². The topological polar surface area (TPSA) is 63.2 Å². The van der Waals surface area contributed by atoms with Gasteiger partial charge < -0.3 is 4.90 Å². The molecule has 0 spiro atoms.